The van der Waals surface area contributed by atoms with Gasteiger partial charge in [-0.2, -0.15) is 0 Å². The fraction of sp³-hybridized carbons (Fsp3) is 0.625. The molecular weight excluding hydrogens is 255 g/mol. The SMILES string of the molecule is COCC(CNC(C)(C)C)N(C)Cc1cccc(F)c1. The van der Waals surface area contributed by atoms with E-state index in [2.05, 4.69) is 31.0 Å². The standard InChI is InChI=1S/C16H27FN2O/c1-16(2,3)18-10-15(12-20-5)19(4)11-13-7-6-8-14(17)9-13/h6-9,15,18H,10-12H2,1-5H3. The molecule has 1 aromatic carbocycles. The molecule has 1 rings (SSSR count). The maximum atomic E-state index is 13.2. The number of methoxy groups -OCH3 is 1. The van der Waals surface area contributed by atoms with Crippen molar-refractivity contribution in [3.05, 3.63) is 35.6 Å². The molecule has 1 unspecified atom stereocenters. The molecule has 0 bridgehead atoms. The maximum absolute atomic E-state index is 13.2. The van der Waals surface area contributed by atoms with E-state index >= 15 is 0 Å². The first-order chi connectivity index (χ1) is 9.31. The van der Waals surface area contributed by atoms with Gasteiger partial charge in [0.05, 0.1) is 6.61 Å². The van der Waals surface area contributed by atoms with Crippen molar-refractivity contribution in [2.75, 3.05) is 27.3 Å². The van der Waals surface area contributed by atoms with Gasteiger partial charge in [0.15, 0.2) is 0 Å². The van der Waals surface area contributed by atoms with Crippen molar-refractivity contribution < 1.29 is 9.13 Å². The number of hydrogen-bond acceptors (Lipinski definition) is 3. The lowest BCUT2D eigenvalue weighted by Gasteiger charge is -2.31. The molecule has 0 saturated heterocycles. The van der Waals surface area contributed by atoms with Gasteiger partial charge in [0, 0.05) is 31.8 Å². The van der Waals surface area contributed by atoms with Gasteiger partial charge in [-0.15, -0.1) is 0 Å². The van der Waals surface area contributed by atoms with Gasteiger partial charge in [0.25, 0.3) is 0 Å². The van der Waals surface area contributed by atoms with E-state index in [0.717, 1.165) is 12.1 Å². The number of hydrogen-bond donors (Lipinski definition) is 1. The van der Waals surface area contributed by atoms with Gasteiger partial charge in [-0.05, 0) is 45.5 Å². The number of halogens is 1. The molecule has 1 aromatic rings. The van der Waals surface area contributed by atoms with Crippen LogP contribution in [0.4, 0.5) is 4.39 Å². The van der Waals surface area contributed by atoms with Crippen LogP contribution in [0.15, 0.2) is 24.3 Å². The Labute approximate surface area is 122 Å². The van der Waals surface area contributed by atoms with Crippen molar-refractivity contribution in [3.8, 4) is 0 Å². The molecular formula is C16H27FN2O. The van der Waals surface area contributed by atoms with E-state index in [0.29, 0.717) is 13.2 Å². The van der Waals surface area contributed by atoms with Crippen LogP contribution in [-0.4, -0.2) is 43.8 Å². The highest BCUT2D eigenvalue weighted by atomic mass is 19.1. The molecule has 0 amide bonds. The molecule has 0 saturated carbocycles. The van der Waals surface area contributed by atoms with E-state index < -0.39 is 0 Å². The Bertz CT molecular complexity index is 404. The Morgan fingerprint density at radius 2 is 2.05 bits per heavy atom. The van der Waals surface area contributed by atoms with Crippen LogP contribution < -0.4 is 5.32 Å². The van der Waals surface area contributed by atoms with Crippen LogP contribution in [0.5, 0.6) is 0 Å². The van der Waals surface area contributed by atoms with Gasteiger partial charge in [-0.3, -0.25) is 4.90 Å². The first kappa shape index (κ1) is 17.1. The second kappa shape index (κ2) is 7.72. The predicted octanol–water partition coefficient (Wildman–Crippen LogP) is 2.66. The second-order valence-corrected chi connectivity index (χ2v) is 6.29. The van der Waals surface area contributed by atoms with Crippen molar-refractivity contribution in [3.63, 3.8) is 0 Å². The van der Waals surface area contributed by atoms with Crippen molar-refractivity contribution in [2.45, 2.75) is 38.9 Å². The molecule has 0 aromatic heterocycles. The minimum Gasteiger partial charge on any atom is -0.383 e. The van der Waals surface area contributed by atoms with Crippen molar-refractivity contribution in [1.82, 2.24) is 10.2 Å². The molecule has 1 atom stereocenters. The zero-order valence-electron chi connectivity index (χ0n) is 13.2. The number of nitrogens with zero attached hydrogens (tertiary/aromatic N) is 1. The summed E-state index contributed by atoms with van der Waals surface area (Å²) < 4.78 is 18.5. The van der Waals surface area contributed by atoms with E-state index in [1.54, 1.807) is 19.2 Å². The third kappa shape index (κ3) is 6.46. The summed E-state index contributed by atoms with van der Waals surface area (Å²) in [5.74, 6) is -0.188. The molecule has 0 heterocycles. The Balaban J connectivity index is 2.61. The van der Waals surface area contributed by atoms with E-state index in [4.69, 9.17) is 4.74 Å². The monoisotopic (exact) mass is 282 g/mol. The van der Waals surface area contributed by atoms with Crippen LogP contribution in [0.3, 0.4) is 0 Å². The van der Waals surface area contributed by atoms with Crippen LogP contribution in [0, 0.1) is 5.82 Å². The average Bonchev–Trinajstić information content (AvgIpc) is 2.33. The average molecular weight is 282 g/mol. The third-order valence-electron chi connectivity index (χ3n) is 3.17. The summed E-state index contributed by atoms with van der Waals surface area (Å²) in [6, 6.07) is 7.00. The maximum Gasteiger partial charge on any atom is 0.123 e. The number of rotatable bonds is 7. The molecule has 4 heteroatoms. The van der Waals surface area contributed by atoms with E-state index in [9.17, 15) is 4.39 Å². The van der Waals surface area contributed by atoms with Crippen molar-refractivity contribution >= 4 is 0 Å². The van der Waals surface area contributed by atoms with Crippen LogP contribution >= 0.6 is 0 Å². The molecule has 0 aliphatic rings. The van der Waals surface area contributed by atoms with Crippen LogP contribution in [-0.2, 0) is 11.3 Å². The highest BCUT2D eigenvalue weighted by Crippen LogP contribution is 2.09. The summed E-state index contributed by atoms with van der Waals surface area (Å²) >= 11 is 0. The first-order valence-electron chi connectivity index (χ1n) is 7.00. The van der Waals surface area contributed by atoms with Gasteiger partial charge in [-0.25, -0.2) is 4.39 Å². The summed E-state index contributed by atoms with van der Waals surface area (Å²) in [6.07, 6.45) is 0. The lowest BCUT2D eigenvalue weighted by molar-refractivity contribution is 0.0972. The summed E-state index contributed by atoms with van der Waals surface area (Å²) in [5, 5.41) is 3.49. The molecule has 114 valence electrons. The van der Waals surface area contributed by atoms with Gasteiger partial charge >= 0.3 is 0 Å². The molecule has 0 aliphatic heterocycles. The van der Waals surface area contributed by atoms with Gasteiger partial charge < -0.3 is 10.1 Å². The van der Waals surface area contributed by atoms with E-state index in [1.165, 1.54) is 6.07 Å². The normalized spacial score (nSPS) is 13.8. The third-order valence-corrected chi connectivity index (χ3v) is 3.17. The summed E-state index contributed by atoms with van der Waals surface area (Å²) in [4.78, 5) is 2.19. The first-order valence-corrected chi connectivity index (χ1v) is 7.00. The molecule has 3 nitrogen and oxygen atoms in total. The van der Waals surface area contributed by atoms with Crippen LogP contribution in [0.25, 0.3) is 0 Å². The predicted molar refractivity (Wildman–Crippen MR) is 81.3 cm³/mol. The van der Waals surface area contributed by atoms with Gasteiger partial charge in [-0.1, -0.05) is 12.1 Å². The fourth-order valence-electron chi connectivity index (χ4n) is 2.01. The summed E-state index contributed by atoms with van der Waals surface area (Å²) in [7, 11) is 3.75. The molecule has 20 heavy (non-hydrogen) atoms. The lowest BCUT2D eigenvalue weighted by Crippen LogP contribution is -2.48. The van der Waals surface area contributed by atoms with Crippen LogP contribution in [0.2, 0.25) is 0 Å². The Morgan fingerprint density at radius 1 is 1.35 bits per heavy atom. The quantitative estimate of drug-likeness (QED) is 0.832. The Morgan fingerprint density at radius 3 is 2.60 bits per heavy atom. The van der Waals surface area contributed by atoms with E-state index in [1.807, 2.05) is 13.1 Å². The topological polar surface area (TPSA) is 24.5 Å². The minimum atomic E-state index is -0.188. The zero-order chi connectivity index (χ0) is 15.2. The molecule has 0 spiro atoms. The number of nitrogens with one attached hydrogen (secondary N) is 1. The van der Waals surface area contributed by atoms with E-state index in [-0.39, 0.29) is 17.4 Å². The second-order valence-electron chi connectivity index (χ2n) is 6.29. The van der Waals surface area contributed by atoms with Crippen LogP contribution in [0.1, 0.15) is 26.3 Å². The van der Waals surface area contributed by atoms with Crippen molar-refractivity contribution in [2.24, 2.45) is 0 Å². The molecule has 0 aliphatic carbocycles. The van der Waals surface area contributed by atoms with Crippen molar-refractivity contribution in [1.29, 1.82) is 0 Å². The summed E-state index contributed by atoms with van der Waals surface area (Å²) in [6.45, 7) is 8.62. The highest BCUT2D eigenvalue weighted by Gasteiger charge is 2.18. The smallest absolute Gasteiger partial charge is 0.123 e. The summed E-state index contributed by atoms with van der Waals surface area (Å²) in [5.41, 5.74) is 1.05. The lowest BCUT2D eigenvalue weighted by atomic mass is 10.1. The number of likely N-dealkylation sites (N-methyl/N-ethyl adjacent to an activating group) is 1. The van der Waals surface area contributed by atoms with Gasteiger partial charge in [0.2, 0.25) is 0 Å². The zero-order valence-corrected chi connectivity index (χ0v) is 13.2. The largest absolute Gasteiger partial charge is 0.383 e. The fourth-order valence-corrected chi connectivity index (χ4v) is 2.01. The van der Waals surface area contributed by atoms with Gasteiger partial charge in [0.1, 0.15) is 5.82 Å². The number of ether oxygens (including phenoxy) is 1. The molecule has 0 radical (unpaired) electrons. The molecule has 1 N–H and O–H groups in total. The molecule has 0 fully saturated rings. The highest BCUT2D eigenvalue weighted by molar-refractivity contribution is 5.16. The number of benzene rings is 1. The minimum absolute atomic E-state index is 0.0751. The Hall–Kier alpha value is -0.970. The Kier molecular flexibility index (Phi) is 6.59.